The van der Waals surface area contributed by atoms with Gasteiger partial charge in [0.15, 0.2) is 5.76 Å². The summed E-state index contributed by atoms with van der Waals surface area (Å²) in [5.41, 5.74) is 2.52. The third-order valence-corrected chi connectivity index (χ3v) is 3.33. The van der Waals surface area contributed by atoms with Crippen molar-refractivity contribution in [3.05, 3.63) is 41.4 Å². The standard InChI is InChI=1S/C15H12N2O3/c1-19-15(18)14-17-8-13(20-14)12-6-9(7-16)2-5-11(12)10-3-4-10/h2,5-6,8,10H,3-4H2,1H3. The molecule has 5 heteroatoms. The Kier molecular flexibility index (Phi) is 2.99. The summed E-state index contributed by atoms with van der Waals surface area (Å²) in [6.07, 6.45) is 3.77. The summed E-state index contributed by atoms with van der Waals surface area (Å²) < 4.78 is 10.0. The van der Waals surface area contributed by atoms with E-state index in [2.05, 4.69) is 15.8 Å². The highest BCUT2D eigenvalue weighted by Crippen LogP contribution is 2.44. The molecule has 100 valence electrons. The van der Waals surface area contributed by atoms with Gasteiger partial charge in [0.25, 0.3) is 0 Å². The van der Waals surface area contributed by atoms with Gasteiger partial charge in [-0.05, 0) is 36.5 Å². The zero-order valence-corrected chi connectivity index (χ0v) is 10.9. The van der Waals surface area contributed by atoms with Gasteiger partial charge in [0.05, 0.1) is 24.9 Å². The number of benzene rings is 1. The van der Waals surface area contributed by atoms with Gasteiger partial charge in [-0.15, -0.1) is 0 Å². The second kappa shape index (κ2) is 4.82. The lowest BCUT2D eigenvalue weighted by Crippen LogP contribution is -2.00. The Morgan fingerprint density at radius 1 is 1.50 bits per heavy atom. The number of ether oxygens (including phenoxy) is 1. The second-order valence-corrected chi connectivity index (χ2v) is 4.71. The van der Waals surface area contributed by atoms with Gasteiger partial charge in [-0.1, -0.05) is 6.07 Å². The van der Waals surface area contributed by atoms with Crippen LogP contribution in [0.25, 0.3) is 11.3 Å². The number of hydrogen-bond donors (Lipinski definition) is 0. The van der Waals surface area contributed by atoms with E-state index in [9.17, 15) is 4.79 Å². The van der Waals surface area contributed by atoms with E-state index >= 15 is 0 Å². The lowest BCUT2D eigenvalue weighted by molar-refractivity contribution is 0.0557. The summed E-state index contributed by atoms with van der Waals surface area (Å²) in [5.74, 6) is 0.307. The molecular weight excluding hydrogens is 256 g/mol. The summed E-state index contributed by atoms with van der Waals surface area (Å²) in [4.78, 5) is 15.3. The molecule has 0 unspecified atom stereocenters. The monoisotopic (exact) mass is 268 g/mol. The van der Waals surface area contributed by atoms with Crippen molar-refractivity contribution < 1.29 is 13.9 Å². The molecule has 0 spiro atoms. The number of carbonyl (C=O) groups excluding carboxylic acids is 1. The number of carbonyl (C=O) groups is 1. The lowest BCUT2D eigenvalue weighted by Gasteiger charge is -2.06. The molecule has 2 aromatic rings. The minimum atomic E-state index is -0.611. The van der Waals surface area contributed by atoms with Crippen molar-refractivity contribution in [1.29, 1.82) is 5.26 Å². The van der Waals surface area contributed by atoms with Gasteiger partial charge >= 0.3 is 11.9 Å². The van der Waals surface area contributed by atoms with Crippen LogP contribution >= 0.6 is 0 Å². The van der Waals surface area contributed by atoms with Crippen molar-refractivity contribution in [2.75, 3.05) is 7.11 Å². The molecule has 1 fully saturated rings. The fourth-order valence-corrected chi connectivity index (χ4v) is 2.17. The summed E-state index contributed by atoms with van der Waals surface area (Å²) in [6, 6.07) is 7.63. The largest absolute Gasteiger partial charge is 0.462 e. The van der Waals surface area contributed by atoms with Crippen molar-refractivity contribution in [3.63, 3.8) is 0 Å². The molecule has 1 aromatic carbocycles. The van der Waals surface area contributed by atoms with Gasteiger partial charge in [0.1, 0.15) is 0 Å². The van der Waals surface area contributed by atoms with Crippen LogP contribution in [-0.4, -0.2) is 18.1 Å². The molecule has 1 heterocycles. The Balaban J connectivity index is 2.06. The molecule has 0 N–H and O–H groups in total. The molecule has 1 aliphatic carbocycles. The number of aromatic nitrogens is 1. The van der Waals surface area contributed by atoms with Crippen molar-refractivity contribution in [3.8, 4) is 17.4 Å². The van der Waals surface area contributed by atoms with Gasteiger partial charge in [0, 0.05) is 5.56 Å². The van der Waals surface area contributed by atoms with Gasteiger partial charge < -0.3 is 9.15 Å². The van der Waals surface area contributed by atoms with E-state index in [1.807, 2.05) is 6.07 Å². The SMILES string of the molecule is COC(=O)c1ncc(-c2cc(C#N)ccc2C2CC2)o1. The predicted molar refractivity (Wildman–Crippen MR) is 70.0 cm³/mol. The van der Waals surface area contributed by atoms with Crippen molar-refractivity contribution in [2.24, 2.45) is 0 Å². The van der Waals surface area contributed by atoms with E-state index in [1.54, 1.807) is 12.1 Å². The van der Waals surface area contributed by atoms with E-state index in [0.29, 0.717) is 17.2 Å². The Bertz CT molecular complexity index is 708. The van der Waals surface area contributed by atoms with Crippen LogP contribution in [0.4, 0.5) is 0 Å². The fourth-order valence-electron chi connectivity index (χ4n) is 2.17. The van der Waals surface area contributed by atoms with Crippen molar-refractivity contribution in [1.82, 2.24) is 4.98 Å². The quantitative estimate of drug-likeness (QED) is 0.800. The van der Waals surface area contributed by atoms with Gasteiger partial charge in [-0.25, -0.2) is 9.78 Å². The Morgan fingerprint density at radius 3 is 2.95 bits per heavy atom. The van der Waals surface area contributed by atoms with Crippen LogP contribution < -0.4 is 0 Å². The average Bonchev–Trinajstić information content (AvgIpc) is 3.22. The number of esters is 1. The number of methoxy groups -OCH3 is 1. The van der Waals surface area contributed by atoms with Gasteiger partial charge in [-0.2, -0.15) is 5.26 Å². The summed E-state index contributed by atoms with van der Waals surface area (Å²) >= 11 is 0. The van der Waals surface area contributed by atoms with E-state index in [1.165, 1.54) is 13.3 Å². The van der Waals surface area contributed by atoms with Crippen LogP contribution in [0.15, 0.2) is 28.8 Å². The summed E-state index contributed by atoms with van der Waals surface area (Å²) in [5, 5.41) is 9.02. The number of nitriles is 1. The highest BCUT2D eigenvalue weighted by atomic mass is 16.5. The zero-order chi connectivity index (χ0) is 14.1. The van der Waals surface area contributed by atoms with Crippen LogP contribution in [0.5, 0.6) is 0 Å². The third-order valence-electron chi connectivity index (χ3n) is 3.33. The minimum absolute atomic E-state index is 0.0772. The Morgan fingerprint density at radius 2 is 2.30 bits per heavy atom. The van der Waals surface area contributed by atoms with E-state index in [-0.39, 0.29) is 5.89 Å². The molecule has 0 bridgehead atoms. The number of rotatable bonds is 3. The van der Waals surface area contributed by atoms with Crippen molar-refractivity contribution in [2.45, 2.75) is 18.8 Å². The van der Waals surface area contributed by atoms with Crippen molar-refractivity contribution >= 4 is 5.97 Å². The van der Waals surface area contributed by atoms with Crippen LogP contribution in [0.3, 0.4) is 0 Å². The first kappa shape index (κ1) is 12.4. The molecule has 0 radical (unpaired) electrons. The highest BCUT2D eigenvalue weighted by molar-refractivity contribution is 5.84. The van der Waals surface area contributed by atoms with Crippen LogP contribution in [-0.2, 0) is 4.74 Å². The first-order valence-corrected chi connectivity index (χ1v) is 6.31. The fraction of sp³-hybridized carbons (Fsp3) is 0.267. The molecule has 1 aliphatic rings. The van der Waals surface area contributed by atoms with Gasteiger partial charge in [-0.3, -0.25) is 0 Å². The van der Waals surface area contributed by atoms with E-state index < -0.39 is 5.97 Å². The first-order valence-electron chi connectivity index (χ1n) is 6.31. The molecule has 20 heavy (non-hydrogen) atoms. The molecule has 5 nitrogen and oxygen atoms in total. The van der Waals surface area contributed by atoms with E-state index in [4.69, 9.17) is 9.68 Å². The molecular formula is C15H12N2O3. The number of oxazole rings is 1. The first-order chi connectivity index (χ1) is 9.72. The lowest BCUT2D eigenvalue weighted by atomic mass is 9.99. The third kappa shape index (κ3) is 2.16. The summed E-state index contributed by atoms with van der Waals surface area (Å²) in [6.45, 7) is 0. The average molecular weight is 268 g/mol. The van der Waals surface area contributed by atoms with Crippen LogP contribution in [0, 0.1) is 11.3 Å². The summed E-state index contributed by atoms with van der Waals surface area (Å²) in [7, 11) is 1.28. The molecule has 1 saturated carbocycles. The maximum atomic E-state index is 11.4. The van der Waals surface area contributed by atoms with Crippen LogP contribution in [0.1, 0.15) is 40.6 Å². The number of nitrogens with zero attached hydrogens (tertiary/aromatic N) is 2. The van der Waals surface area contributed by atoms with Gasteiger partial charge in [0.2, 0.25) is 0 Å². The normalized spacial score (nSPS) is 13.8. The number of hydrogen-bond acceptors (Lipinski definition) is 5. The zero-order valence-electron chi connectivity index (χ0n) is 10.9. The minimum Gasteiger partial charge on any atom is -0.462 e. The predicted octanol–water partition coefficient (Wildman–Crippen LogP) is 2.88. The molecule has 0 saturated heterocycles. The second-order valence-electron chi connectivity index (χ2n) is 4.71. The topological polar surface area (TPSA) is 76.1 Å². The van der Waals surface area contributed by atoms with Crippen LogP contribution in [0.2, 0.25) is 0 Å². The smallest absolute Gasteiger partial charge is 0.394 e. The Hall–Kier alpha value is -2.61. The molecule has 3 rings (SSSR count). The van der Waals surface area contributed by atoms with E-state index in [0.717, 1.165) is 24.0 Å². The molecule has 1 aromatic heterocycles. The highest BCUT2D eigenvalue weighted by Gasteiger charge is 2.28. The maximum Gasteiger partial charge on any atom is 0.394 e. The maximum absolute atomic E-state index is 11.4. The molecule has 0 amide bonds. The molecule has 0 atom stereocenters. The molecule has 0 aliphatic heterocycles. The Labute approximate surface area is 115 Å².